The van der Waals surface area contributed by atoms with Crippen molar-refractivity contribution in [3.05, 3.63) is 11.6 Å². The molecule has 1 N–H and O–H groups in total. The molecule has 0 spiro atoms. The van der Waals surface area contributed by atoms with Crippen molar-refractivity contribution in [3.8, 4) is 0 Å². The number of carbonyl (C=O) groups excluding carboxylic acids is 1. The minimum Gasteiger partial charge on any atom is -0.393 e. The van der Waals surface area contributed by atoms with Crippen LogP contribution in [0.4, 0.5) is 13.2 Å². The maximum atomic E-state index is 12.8. The lowest BCUT2D eigenvalue weighted by molar-refractivity contribution is -0.172. The fraction of sp³-hybridized carbons (Fsp3) is 0.875. The first-order chi connectivity index (χ1) is 13.5. The number of allylic oxidation sites excluding steroid dienone is 1. The van der Waals surface area contributed by atoms with E-state index in [0.29, 0.717) is 17.8 Å². The van der Waals surface area contributed by atoms with E-state index in [1.165, 1.54) is 5.57 Å². The van der Waals surface area contributed by atoms with Crippen LogP contribution in [-0.4, -0.2) is 23.2 Å². The number of fused-ring (bicyclic) bond motifs is 5. The molecule has 7 unspecified atom stereocenters. The Morgan fingerprint density at radius 1 is 1.17 bits per heavy atom. The molecule has 0 aromatic heterocycles. The predicted octanol–water partition coefficient (Wildman–Crippen LogP) is 6.08. The van der Waals surface area contributed by atoms with Crippen LogP contribution in [0.2, 0.25) is 0 Å². The average Bonchev–Trinajstić information content (AvgIpc) is 2.98. The molecule has 4 aliphatic rings. The van der Waals surface area contributed by atoms with E-state index < -0.39 is 12.0 Å². The first-order valence-electron chi connectivity index (χ1n) is 11.4. The van der Waals surface area contributed by atoms with Crippen LogP contribution in [0.15, 0.2) is 11.6 Å². The van der Waals surface area contributed by atoms with Crippen LogP contribution in [0.25, 0.3) is 0 Å². The molecule has 0 heterocycles. The first kappa shape index (κ1) is 21.4. The van der Waals surface area contributed by atoms with Crippen LogP contribution in [-0.2, 0) is 4.79 Å². The Morgan fingerprint density at radius 2 is 1.90 bits per heavy atom. The highest BCUT2D eigenvalue weighted by molar-refractivity contribution is 5.84. The fourth-order valence-corrected chi connectivity index (χ4v) is 8.17. The van der Waals surface area contributed by atoms with Gasteiger partial charge in [0, 0.05) is 6.42 Å². The van der Waals surface area contributed by atoms with E-state index in [2.05, 4.69) is 19.9 Å². The van der Waals surface area contributed by atoms with Gasteiger partial charge in [0.25, 0.3) is 0 Å². The van der Waals surface area contributed by atoms with E-state index in [-0.39, 0.29) is 35.2 Å². The predicted molar refractivity (Wildman–Crippen MR) is 106 cm³/mol. The SMILES string of the molecule is C[C@H](CC(=O)C(F)(F)F)C1CCC2C3CC=C4CC(O)CCC4(C)C3CCC21C. The lowest BCUT2D eigenvalue weighted by Crippen LogP contribution is -2.51. The molecule has 3 fully saturated rings. The summed E-state index contributed by atoms with van der Waals surface area (Å²) in [7, 11) is 0. The van der Waals surface area contributed by atoms with Gasteiger partial charge in [0.15, 0.2) is 0 Å². The van der Waals surface area contributed by atoms with Crippen LogP contribution in [0.3, 0.4) is 0 Å². The van der Waals surface area contributed by atoms with Gasteiger partial charge in [-0.05, 0) is 91.8 Å². The number of carbonyl (C=O) groups is 1. The van der Waals surface area contributed by atoms with E-state index in [1.54, 1.807) is 0 Å². The molecule has 5 heteroatoms. The topological polar surface area (TPSA) is 37.3 Å². The second kappa shape index (κ2) is 7.10. The highest BCUT2D eigenvalue weighted by atomic mass is 19.4. The summed E-state index contributed by atoms with van der Waals surface area (Å²) in [6, 6.07) is 0. The van der Waals surface area contributed by atoms with Crippen molar-refractivity contribution >= 4 is 5.78 Å². The van der Waals surface area contributed by atoms with E-state index in [0.717, 1.165) is 51.4 Å². The number of hydrogen-bond donors (Lipinski definition) is 1. The largest absolute Gasteiger partial charge is 0.449 e. The number of aliphatic hydroxyl groups is 1. The molecule has 0 aromatic carbocycles. The third-order valence-electron chi connectivity index (χ3n) is 9.66. The van der Waals surface area contributed by atoms with Gasteiger partial charge < -0.3 is 5.11 Å². The lowest BCUT2D eigenvalue weighted by Gasteiger charge is -2.58. The van der Waals surface area contributed by atoms with Crippen LogP contribution in [0.5, 0.6) is 0 Å². The highest BCUT2D eigenvalue weighted by Gasteiger charge is 2.59. The van der Waals surface area contributed by atoms with Crippen molar-refractivity contribution in [2.45, 2.75) is 90.8 Å². The highest BCUT2D eigenvalue weighted by Crippen LogP contribution is 2.67. The molecule has 4 rings (SSSR count). The van der Waals surface area contributed by atoms with E-state index in [9.17, 15) is 23.1 Å². The average molecular weight is 413 g/mol. The maximum absolute atomic E-state index is 12.8. The molecule has 2 nitrogen and oxygen atoms in total. The maximum Gasteiger partial charge on any atom is 0.449 e. The summed E-state index contributed by atoms with van der Waals surface area (Å²) in [4.78, 5) is 11.6. The van der Waals surface area contributed by atoms with Crippen molar-refractivity contribution in [2.75, 3.05) is 0 Å². The van der Waals surface area contributed by atoms with Gasteiger partial charge >= 0.3 is 6.18 Å². The Hall–Kier alpha value is -0.840. The van der Waals surface area contributed by atoms with Crippen molar-refractivity contribution < 1.29 is 23.1 Å². The number of rotatable bonds is 3. The van der Waals surface area contributed by atoms with Gasteiger partial charge in [0.05, 0.1) is 6.10 Å². The molecule has 4 aliphatic carbocycles. The summed E-state index contributed by atoms with van der Waals surface area (Å²) >= 11 is 0. The molecule has 0 bridgehead atoms. The zero-order chi connectivity index (χ0) is 21.2. The quantitative estimate of drug-likeness (QED) is 0.570. The van der Waals surface area contributed by atoms with Gasteiger partial charge in [-0.3, -0.25) is 4.79 Å². The molecular formula is C24H35F3O2. The van der Waals surface area contributed by atoms with Gasteiger partial charge in [-0.25, -0.2) is 0 Å². The molecule has 0 saturated heterocycles. The van der Waals surface area contributed by atoms with Crippen LogP contribution >= 0.6 is 0 Å². The third-order valence-corrected chi connectivity index (χ3v) is 9.66. The standard InChI is InChI=1S/C24H35F3O2/c1-14(12-21(29)24(25,26)27)18-6-7-19-17-5-4-15-13-16(28)8-10-22(15,2)20(17)9-11-23(18,19)3/h4,14,16-20,28H,5-13H2,1-3H3/t14-,16?,17?,18?,19?,20?,22?,23?/m1/s1. The second-order valence-corrected chi connectivity index (χ2v) is 11.0. The smallest absolute Gasteiger partial charge is 0.393 e. The number of hydrogen-bond acceptors (Lipinski definition) is 2. The Labute approximate surface area is 172 Å². The van der Waals surface area contributed by atoms with Crippen molar-refractivity contribution in [3.63, 3.8) is 0 Å². The molecular weight excluding hydrogens is 377 g/mol. The Bertz CT molecular complexity index is 699. The first-order valence-corrected chi connectivity index (χ1v) is 11.4. The van der Waals surface area contributed by atoms with Crippen LogP contribution in [0, 0.1) is 40.4 Å². The minimum atomic E-state index is -4.71. The van der Waals surface area contributed by atoms with Gasteiger partial charge in [-0.1, -0.05) is 32.4 Å². The molecule has 164 valence electrons. The summed E-state index contributed by atoms with van der Waals surface area (Å²) in [5.74, 6) is 0.171. The number of ketones is 1. The monoisotopic (exact) mass is 412 g/mol. The zero-order valence-electron chi connectivity index (χ0n) is 17.9. The van der Waals surface area contributed by atoms with Crippen molar-refractivity contribution in [1.29, 1.82) is 0 Å². The van der Waals surface area contributed by atoms with E-state index in [1.807, 2.05) is 6.92 Å². The van der Waals surface area contributed by atoms with Crippen molar-refractivity contribution in [2.24, 2.45) is 40.4 Å². The van der Waals surface area contributed by atoms with E-state index in [4.69, 9.17) is 0 Å². The molecule has 3 saturated carbocycles. The number of alkyl halides is 3. The normalized spacial score (nSPS) is 45.6. The summed E-state index contributed by atoms with van der Waals surface area (Å²) in [6.45, 7) is 6.55. The summed E-state index contributed by atoms with van der Waals surface area (Å²) < 4.78 is 38.4. The van der Waals surface area contributed by atoms with Gasteiger partial charge in [-0.15, -0.1) is 0 Å². The lowest BCUT2D eigenvalue weighted by atomic mass is 9.47. The Balaban J connectivity index is 1.54. The Kier molecular flexibility index (Phi) is 5.24. The molecule has 8 atom stereocenters. The van der Waals surface area contributed by atoms with Gasteiger partial charge in [0.2, 0.25) is 5.78 Å². The number of Topliss-reactive ketones (excluding diaryl/α,β-unsaturated/α-hetero) is 1. The summed E-state index contributed by atoms with van der Waals surface area (Å²) in [6.07, 6.45) is 5.07. The zero-order valence-corrected chi connectivity index (χ0v) is 17.9. The van der Waals surface area contributed by atoms with E-state index >= 15 is 0 Å². The summed E-state index contributed by atoms with van der Waals surface area (Å²) in [5, 5.41) is 10.1. The molecule has 0 amide bonds. The van der Waals surface area contributed by atoms with Crippen LogP contribution in [0.1, 0.15) is 78.6 Å². The third kappa shape index (κ3) is 3.40. The number of halogens is 3. The molecule has 0 aromatic rings. The number of aliphatic hydroxyl groups excluding tert-OH is 1. The van der Waals surface area contributed by atoms with Gasteiger partial charge in [-0.2, -0.15) is 13.2 Å². The van der Waals surface area contributed by atoms with Crippen LogP contribution < -0.4 is 0 Å². The molecule has 29 heavy (non-hydrogen) atoms. The fourth-order valence-electron chi connectivity index (χ4n) is 8.17. The minimum absolute atomic E-state index is 0.0440. The summed E-state index contributed by atoms with van der Waals surface area (Å²) in [5.41, 5.74) is 1.67. The molecule has 0 radical (unpaired) electrons. The second-order valence-electron chi connectivity index (χ2n) is 11.0. The molecule has 0 aliphatic heterocycles. The van der Waals surface area contributed by atoms with Gasteiger partial charge in [0.1, 0.15) is 0 Å². The van der Waals surface area contributed by atoms with Crippen molar-refractivity contribution in [1.82, 2.24) is 0 Å². The Morgan fingerprint density at radius 3 is 2.59 bits per heavy atom.